The third-order valence-corrected chi connectivity index (χ3v) is 5.28. The van der Waals surface area contributed by atoms with E-state index in [0.29, 0.717) is 12.2 Å². The maximum Gasteiger partial charge on any atom is 0.410 e. The fourth-order valence-electron chi connectivity index (χ4n) is 3.67. The predicted molar refractivity (Wildman–Crippen MR) is 117 cm³/mol. The molecule has 6 nitrogen and oxygen atoms in total. The Morgan fingerprint density at radius 1 is 1.30 bits per heavy atom. The van der Waals surface area contributed by atoms with Gasteiger partial charge in [-0.2, -0.15) is 0 Å². The van der Waals surface area contributed by atoms with Gasteiger partial charge in [-0.05, 0) is 85.0 Å². The lowest BCUT2D eigenvalue weighted by Gasteiger charge is -2.39. The van der Waals surface area contributed by atoms with Gasteiger partial charge in [0.25, 0.3) is 0 Å². The summed E-state index contributed by atoms with van der Waals surface area (Å²) in [6.45, 7) is 13.6. The molecule has 1 heterocycles. The van der Waals surface area contributed by atoms with Crippen LogP contribution in [-0.4, -0.2) is 59.1 Å². The number of carbonyl (C=O) groups excluding carboxylic acids is 2. The van der Waals surface area contributed by atoms with Crippen molar-refractivity contribution in [2.75, 3.05) is 25.0 Å². The average Bonchev–Trinajstić information content (AvgIpc) is 2.64. The molecule has 0 aliphatic carbocycles. The number of likely N-dealkylation sites (tertiary alicyclic amines) is 1. The summed E-state index contributed by atoms with van der Waals surface area (Å²) in [7, 11) is 0. The van der Waals surface area contributed by atoms with Crippen molar-refractivity contribution in [1.29, 1.82) is 0 Å². The van der Waals surface area contributed by atoms with Gasteiger partial charge in [0, 0.05) is 24.8 Å². The quantitative estimate of drug-likeness (QED) is 0.734. The van der Waals surface area contributed by atoms with E-state index in [-0.39, 0.29) is 35.8 Å². The van der Waals surface area contributed by atoms with Crippen molar-refractivity contribution in [2.45, 2.75) is 72.1 Å². The van der Waals surface area contributed by atoms with Crippen molar-refractivity contribution < 1.29 is 18.7 Å². The molecule has 1 aliphatic heterocycles. The van der Waals surface area contributed by atoms with Crippen LogP contribution in [-0.2, 0) is 9.53 Å². The molecule has 0 bridgehead atoms. The molecule has 7 heteroatoms. The number of carbonyl (C=O) groups is 2. The van der Waals surface area contributed by atoms with Crippen molar-refractivity contribution in [3.05, 3.63) is 30.1 Å². The molecule has 2 rings (SSSR count). The summed E-state index contributed by atoms with van der Waals surface area (Å²) in [5, 5.41) is 2.79. The van der Waals surface area contributed by atoms with Gasteiger partial charge in [0.05, 0.1) is 6.04 Å². The predicted octanol–water partition coefficient (Wildman–Crippen LogP) is 4.51. The van der Waals surface area contributed by atoms with Gasteiger partial charge in [0.1, 0.15) is 11.4 Å². The molecule has 2 unspecified atom stereocenters. The lowest BCUT2D eigenvalue weighted by atomic mass is 9.95. The number of amides is 2. The minimum absolute atomic E-state index is 0.0314. The third-order valence-electron chi connectivity index (χ3n) is 5.28. The first-order valence-electron chi connectivity index (χ1n) is 10.8. The lowest BCUT2D eigenvalue weighted by molar-refractivity contribution is -0.121. The minimum atomic E-state index is -0.535. The molecule has 2 atom stereocenters. The lowest BCUT2D eigenvalue weighted by Crippen LogP contribution is -2.50. The molecular weight excluding hydrogens is 385 g/mol. The van der Waals surface area contributed by atoms with Gasteiger partial charge in [-0.1, -0.05) is 6.07 Å². The van der Waals surface area contributed by atoms with Crippen molar-refractivity contribution >= 4 is 17.7 Å². The number of benzene rings is 1. The van der Waals surface area contributed by atoms with Crippen LogP contribution in [0.2, 0.25) is 0 Å². The highest BCUT2D eigenvalue weighted by molar-refractivity contribution is 5.94. The third kappa shape index (κ3) is 7.27. The van der Waals surface area contributed by atoms with Gasteiger partial charge in [0.15, 0.2) is 0 Å². The molecule has 0 spiro atoms. The molecule has 1 N–H and O–H groups in total. The molecule has 0 aromatic heterocycles. The number of nitrogens with one attached hydrogen (secondary N) is 1. The second kappa shape index (κ2) is 10.2. The average molecular weight is 422 g/mol. The van der Waals surface area contributed by atoms with Crippen LogP contribution in [0, 0.1) is 11.7 Å². The Balaban J connectivity index is 1.97. The van der Waals surface area contributed by atoms with E-state index in [4.69, 9.17) is 4.74 Å². The topological polar surface area (TPSA) is 61.9 Å². The molecule has 1 aromatic rings. The van der Waals surface area contributed by atoms with Gasteiger partial charge < -0.3 is 15.0 Å². The van der Waals surface area contributed by atoms with Crippen LogP contribution >= 0.6 is 0 Å². The Morgan fingerprint density at radius 2 is 2.00 bits per heavy atom. The zero-order chi connectivity index (χ0) is 22.5. The Kier molecular flexibility index (Phi) is 8.24. The monoisotopic (exact) mass is 421 g/mol. The molecule has 1 saturated heterocycles. The maximum absolute atomic E-state index is 13.4. The molecule has 1 aromatic carbocycles. The van der Waals surface area contributed by atoms with E-state index in [9.17, 15) is 14.0 Å². The summed E-state index contributed by atoms with van der Waals surface area (Å²) < 4.78 is 18.9. The number of halogens is 1. The van der Waals surface area contributed by atoms with E-state index < -0.39 is 5.60 Å². The standard InChI is InChI=1S/C23H36FN3O3/c1-16(2)27(22(29)30-23(4,5)6)15-18-9-8-12-26(14-18)17(3)21(28)25-20-11-7-10-19(24)13-20/h7,10-11,13,16-18H,8-9,12,14-15H2,1-6H3,(H,25,28). The molecule has 0 saturated carbocycles. The van der Waals surface area contributed by atoms with Crippen LogP contribution in [0.15, 0.2) is 24.3 Å². The van der Waals surface area contributed by atoms with E-state index >= 15 is 0 Å². The van der Waals surface area contributed by atoms with Gasteiger partial charge in [-0.25, -0.2) is 9.18 Å². The smallest absolute Gasteiger partial charge is 0.410 e. The fraction of sp³-hybridized carbons (Fsp3) is 0.652. The largest absolute Gasteiger partial charge is 0.444 e. The summed E-state index contributed by atoms with van der Waals surface area (Å²) in [6, 6.07) is 5.59. The van der Waals surface area contributed by atoms with Crippen LogP contribution in [0.5, 0.6) is 0 Å². The van der Waals surface area contributed by atoms with Crippen LogP contribution in [0.25, 0.3) is 0 Å². The SMILES string of the molecule is CC(C(=O)Nc1cccc(F)c1)N1CCCC(CN(C(=O)OC(C)(C)C)C(C)C)C1. The van der Waals surface area contributed by atoms with Crippen molar-refractivity contribution in [3.8, 4) is 0 Å². The number of ether oxygens (including phenoxy) is 1. The Bertz CT molecular complexity index is 733. The number of nitrogens with zero attached hydrogens (tertiary/aromatic N) is 2. The first-order chi connectivity index (χ1) is 14.0. The molecule has 1 fully saturated rings. The summed E-state index contributed by atoms with van der Waals surface area (Å²) in [4.78, 5) is 29.2. The Labute approximate surface area is 179 Å². The van der Waals surface area contributed by atoms with Crippen LogP contribution in [0.1, 0.15) is 54.4 Å². The zero-order valence-corrected chi connectivity index (χ0v) is 19.1. The highest BCUT2D eigenvalue weighted by Gasteiger charge is 2.31. The minimum Gasteiger partial charge on any atom is -0.444 e. The summed E-state index contributed by atoms with van der Waals surface area (Å²) in [5.41, 5.74) is -0.0805. The highest BCUT2D eigenvalue weighted by Crippen LogP contribution is 2.22. The van der Waals surface area contributed by atoms with Crippen molar-refractivity contribution in [1.82, 2.24) is 9.80 Å². The molecular formula is C23H36FN3O3. The van der Waals surface area contributed by atoms with Gasteiger partial charge in [-0.15, -0.1) is 0 Å². The summed E-state index contributed by atoms with van der Waals surface area (Å²) >= 11 is 0. The molecule has 168 valence electrons. The first kappa shape index (κ1) is 24.1. The van der Waals surface area contributed by atoms with E-state index in [1.54, 1.807) is 17.0 Å². The van der Waals surface area contributed by atoms with Gasteiger partial charge >= 0.3 is 6.09 Å². The molecule has 0 radical (unpaired) electrons. The fourth-order valence-corrected chi connectivity index (χ4v) is 3.67. The number of piperidine rings is 1. The van der Waals surface area contributed by atoms with Crippen LogP contribution in [0.3, 0.4) is 0 Å². The Morgan fingerprint density at radius 3 is 2.60 bits per heavy atom. The molecule has 1 aliphatic rings. The number of hydrogen-bond acceptors (Lipinski definition) is 4. The van der Waals surface area contributed by atoms with E-state index in [0.717, 1.165) is 25.9 Å². The Hall–Kier alpha value is -2.15. The highest BCUT2D eigenvalue weighted by atomic mass is 19.1. The number of anilines is 1. The van der Waals surface area contributed by atoms with Crippen LogP contribution in [0.4, 0.5) is 14.9 Å². The maximum atomic E-state index is 13.4. The molecule has 30 heavy (non-hydrogen) atoms. The normalized spacial score (nSPS) is 18.7. The summed E-state index contributed by atoms with van der Waals surface area (Å²) in [5.74, 6) is -0.276. The van der Waals surface area contributed by atoms with E-state index in [2.05, 4.69) is 10.2 Å². The summed E-state index contributed by atoms with van der Waals surface area (Å²) in [6.07, 6.45) is 1.66. The second-order valence-corrected chi connectivity index (χ2v) is 9.41. The number of rotatable bonds is 6. The van der Waals surface area contributed by atoms with Gasteiger partial charge in [0.2, 0.25) is 5.91 Å². The van der Waals surface area contributed by atoms with E-state index in [1.165, 1.54) is 12.1 Å². The van der Waals surface area contributed by atoms with Gasteiger partial charge in [-0.3, -0.25) is 9.69 Å². The molecule has 2 amide bonds. The van der Waals surface area contributed by atoms with Crippen molar-refractivity contribution in [3.63, 3.8) is 0 Å². The first-order valence-corrected chi connectivity index (χ1v) is 10.8. The van der Waals surface area contributed by atoms with Crippen molar-refractivity contribution in [2.24, 2.45) is 5.92 Å². The second-order valence-electron chi connectivity index (χ2n) is 9.41. The van der Waals surface area contributed by atoms with Crippen LogP contribution < -0.4 is 5.32 Å². The zero-order valence-electron chi connectivity index (χ0n) is 19.1. The number of hydrogen-bond donors (Lipinski definition) is 1. The van der Waals surface area contributed by atoms with E-state index in [1.807, 2.05) is 41.5 Å².